The number of benzene rings is 2. The lowest BCUT2D eigenvalue weighted by Crippen LogP contribution is -2.36. The van der Waals surface area contributed by atoms with Crippen LogP contribution in [0.5, 0.6) is 17.2 Å². The number of esters is 1. The van der Waals surface area contributed by atoms with Gasteiger partial charge in [-0.15, -0.1) is 0 Å². The molecule has 158 valence electrons. The Labute approximate surface area is 175 Å². The molecule has 0 radical (unpaired) electrons. The van der Waals surface area contributed by atoms with Gasteiger partial charge in [-0.05, 0) is 43.7 Å². The zero-order valence-corrected chi connectivity index (χ0v) is 17.5. The first-order chi connectivity index (χ1) is 14.6. The van der Waals surface area contributed by atoms with Crippen LogP contribution in [0.4, 0.5) is 5.69 Å². The SMILES string of the molecule is CCCNc1ccc2c(c1)C(=O)OC2C1c2c(cc3c(c2OC)OCO3)CCN1C. The van der Waals surface area contributed by atoms with Crippen LogP contribution in [-0.4, -0.2) is 44.9 Å². The highest BCUT2D eigenvalue weighted by Crippen LogP contribution is 2.54. The zero-order chi connectivity index (χ0) is 20.8. The second kappa shape index (κ2) is 7.40. The molecule has 0 saturated carbocycles. The number of nitrogens with zero attached hydrogens (tertiary/aromatic N) is 1. The number of ether oxygens (including phenoxy) is 4. The maximum absolute atomic E-state index is 12.8. The highest BCUT2D eigenvalue weighted by molar-refractivity contribution is 5.95. The molecule has 0 fully saturated rings. The van der Waals surface area contributed by atoms with Gasteiger partial charge in [-0.3, -0.25) is 4.90 Å². The van der Waals surface area contributed by atoms with E-state index in [0.717, 1.165) is 48.3 Å². The van der Waals surface area contributed by atoms with Crippen LogP contribution in [0.2, 0.25) is 0 Å². The van der Waals surface area contributed by atoms with Crippen LogP contribution in [0, 0.1) is 0 Å². The Kier molecular flexibility index (Phi) is 4.70. The number of fused-ring (bicyclic) bond motifs is 3. The van der Waals surface area contributed by atoms with Crippen LogP contribution in [0.3, 0.4) is 0 Å². The number of hydrogen-bond acceptors (Lipinski definition) is 7. The van der Waals surface area contributed by atoms with Crippen molar-refractivity contribution in [1.82, 2.24) is 4.90 Å². The average molecular weight is 410 g/mol. The minimum atomic E-state index is -0.411. The fourth-order valence-electron chi connectivity index (χ4n) is 4.69. The van der Waals surface area contributed by atoms with E-state index in [2.05, 4.69) is 24.2 Å². The zero-order valence-electron chi connectivity index (χ0n) is 17.5. The number of methoxy groups -OCH3 is 1. The van der Waals surface area contributed by atoms with Gasteiger partial charge < -0.3 is 24.3 Å². The summed E-state index contributed by atoms with van der Waals surface area (Å²) in [7, 11) is 3.70. The summed E-state index contributed by atoms with van der Waals surface area (Å²) in [5.41, 5.74) is 4.62. The monoisotopic (exact) mass is 410 g/mol. The van der Waals surface area contributed by atoms with Gasteiger partial charge in [-0.25, -0.2) is 4.79 Å². The molecule has 30 heavy (non-hydrogen) atoms. The second-order valence-corrected chi connectivity index (χ2v) is 7.95. The maximum Gasteiger partial charge on any atom is 0.339 e. The first-order valence-electron chi connectivity index (χ1n) is 10.4. The standard InChI is InChI=1S/C23H26N2O5/c1-4-8-24-14-5-6-15-16(11-14)23(26)30-20(15)19-18-13(7-9-25(19)2)10-17-21(22(18)27-3)29-12-28-17/h5-6,10-11,19-20,24H,4,7-9,12H2,1-3H3. The van der Waals surface area contributed by atoms with Gasteiger partial charge in [0.2, 0.25) is 12.5 Å². The molecule has 5 rings (SSSR count). The summed E-state index contributed by atoms with van der Waals surface area (Å²) in [5, 5.41) is 3.34. The van der Waals surface area contributed by atoms with Crippen LogP contribution in [-0.2, 0) is 11.2 Å². The van der Waals surface area contributed by atoms with Gasteiger partial charge >= 0.3 is 5.97 Å². The summed E-state index contributed by atoms with van der Waals surface area (Å²) >= 11 is 0. The third-order valence-electron chi connectivity index (χ3n) is 6.13. The van der Waals surface area contributed by atoms with E-state index in [9.17, 15) is 4.79 Å². The highest BCUT2D eigenvalue weighted by atomic mass is 16.7. The van der Waals surface area contributed by atoms with E-state index in [4.69, 9.17) is 18.9 Å². The largest absolute Gasteiger partial charge is 0.492 e. The second-order valence-electron chi connectivity index (χ2n) is 7.95. The lowest BCUT2D eigenvalue weighted by Gasteiger charge is -2.38. The number of cyclic esters (lactones) is 1. The number of likely N-dealkylation sites (N-methyl/N-ethyl adjacent to an activating group) is 1. The van der Waals surface area contributed by atoms with Gasteiger partial charge in [0.1, 0.15) is 6.10 Å². The van der Waals surface area contributed by atoms with Crippen LogP contribution < -0.4 is 19.5 Å². The molecule has 0 aromatic heterocycles. The molecule has 2 aromatic carbocycles. The Morgan fingerprint density at radius 1 is 1.27 bits per heavy atom. The molecule has 3 aliphatic heterocycles. The Morgan fingerprint density at radius 2 is 2.13 bits per heavy atom. The van der Waals surface area contributed by atoms with Crippen molar-refractivity contribution in [2.24, 2.45) is 0 Å². The molecule has 3 aliphatic rings. The maximum atomic E-state index is 12.8. The number of carbonyl (C=O) groups is 1. The number of rotatable bonds is 5. The van der Waals surface area contributed by atoms with Crippen molar-refractivity contribution in [2.45, 2.75) is 31.9 Å². The first-order valence-corrected chi connectivity index (χ1v) is 10.4. The summed E-state index contributed by atoms with van der Waals surface area (Å²) in [5.74, 6) is 1.72. The van der Waals surface area contributed by atoms with Gasteiger partial charge in [0.15, 0.2) is 11.5 Å². The number of carbonyl (C=O) groups excluding carboxylic acids is 1. The molecule has 0 saturated heterocycles. The fourth-order valence-corrected chi connectivity index (χ4v) is 4.69. The number of hydrogen-bond donors (Lipinski definition) is 1. The van der Waals surface area contributed by atoms with E-state index in [1.807, 2.05) is 24.3 Å². The van der Waals surface area contributed by atoms with Gasteiger partial charge in [0, 0.05) is 29.9 Å². The van der Waals surface area contributed by atoms with E-state index in [0.29, 0.717) is 22.8 Å². The molecule has 1 N–H and O–H groups in total. The smallest absolute Gasteiger partial charge is 0.339 e. The van der Waals surface area contributed by atoms with Crippen LogP contribution >= 0.6 is 0 Å². The number of anilines is 1. The number of nitrogens with one attached hydrogen (secondary N) is 1. The first kappa shape index (κ1) is 19.1. The van der Waals surface area contributed by atoms with E-state index >= 15 is 0 Å². The van der Waals surface area contributed by atoms with E-state index in [-0.39, 0.29) is 18.8 Å². The molecule has 2 unspecified atom stereocenters. The van der Waals surface area contributed by atoms with Gasteiger partial charge in [0.25, 0.3) is 0 Å². The average Bonchev–Trinajstić information content (AvgIpc) is 3.35. The van der Waals surface area contributed by atoms with Crippen LogP contribution in [0.1, 0.15) is 52.5 Å². The third kappa shape index (κ3) is 2.88. The Morgan fingerprint density at radius 3 is 2.93 bits per heavy atom. The van der Waals surface area contributed by atoms with Crippen molar-refractivity contribution in [2.75, 3.05) is 39.4 Å². The molecule has 2 aromatic rings. The molecular formula is C23H26N2O5. The third-order valence-corrected chi connectivity index (χ3v) is 6.13. The summed E-state index contributed by atoms with van der Waals surface area (Å²) < 4.78 is 23.0. The molecular weight excluding hydrogens is 384 g/mol. The molecule has 2 atom stereocenters. The van der Waals surface area contributed by atoms with Crippen molar-refractivity contribution >= 4 is 11.7 Å². The minimum Gasteiger partial charge on any atom is -0.492 e. The van der Waals surface area contributed by atoms with Gasteiger partial charge in [-0.1, -0.05) is 13.0 Å². The molecule has 7 heteroatoms. The van der Waals surface area contributed by atoms with Crippen molar-refractivity contribution in [3.05, 3.63) is 46.5 Å². The molecule has 0 bridgehead atoms. The Hall–Kier alpha value is -2.93. The van der Waals surface area contributed by atoms with Crippen LogP contribution in [0.15, 0.2) is 24.3 Å². The molecule has 3 heterocycles. The van der Waals surface area contributed by atoms with Crippen molar-refractivity contribution in [1.29, 1.82) is 0 Å². The topological polar surface area (TPSA) is 69.3 Å². The summed E-state index contributed by atoms with van der Waals surface area (Å²) in [6, 6.07) is 7.79. The predicted molar refractivity (Wildman–Crippen MR) is 112 cm³/mol. The van der Waals surface area contributed by atoms with Crippen LogP contribution in [0.25, 0.3) is 0 Å². The molecule has 0 amide bonds. The predicted octanol–water partition coefficient (Wildman–Crippen LogP) is 3.69. The molecule has 0 spiro atoms. The van der Waals surface area contributed by atoms with Crippen molar-refractivity contribution in [3.63, 3.8) is 0 Å². The van der Waals surface area contributed by atoms with Crippen molar-refractivity contribution < 1.29 is 23.7 Å². The van der Waals surface area contributed by atoms with Crippen molar-refractivity contribution in [3.8, 4) is 17.2 Å². The van der Waals surface area contributed by atoms with Gasteiger partial charge in [-0.2, -0.15) is 0 Å². The normalized spacial score (nSPS) is 21.8. The molecule has 0 aliphatic carbocycles. The highest BCUT2D eigenvalue weighted by Gasteiger charge is 2.44. The fraction of sp³-hybridized carbons (Fsp3) is 0.435. The quantitative estimate of drug-likeness (QED) is 0.754. The Balaban J connectivity index is 1.59. The summed E-state index contributed by atoms with van der Waals surface area (Å²) in [4.78, 5) is 15.0. The van der Waals surface area contributed by atoms with Gasteiger partial charge in [0.05, 0.1) is 18.7 Å². The molecule has 7 nitrogen and oxygen atoms in total. The van der Waals surface area contributed by atoms with E-state index < -0.39 is 6.10 Å². The van der Waals surface area contributed by atoms with E-state index in [1.54, 1.807) is 7.11 Å². The summed E-state index contributed by atoms with van der Waals surface area (Å²) in [6.07, 6.45) is 1.47. The lowest BCUT2D eigenvalue weighted by atomic mass is 9.85. The van der Waals surface area contributed by atoms with E-state index in [1.165, 1.54) is 0 Å². The summed E-state index contributed by atoms with van der Waals surface area (Å²) in [6.45, 7) is 4.00. The Bertz CT molecular complexity index is 1010. The minimum absolute atomic E-state index is 0.169. The lowest BCUT2D eigenvalue weighted by molar-refractivity contribution is 0.00882.